The molecule has 0 bridgehead atoms. The monoisotopic (exact) mass is 424 g/mol. The van der Waals surface area contributed by atoms with E-state index in [0.717, 1.165) is 31.2 Å². The van der Waals surface area contributed by atoms with Gasteiger partial charge in [0.25, 0.3) is 0 Å². The lowest BCUT2D eigenvalue weighted by Gasteiger charge is -2.39. The van der Waals surface area contributed by atoms with Crippen LogP contribution in [0.2, 0.25) is 0 Å². The van der Waals surface area contributed by atoms with Gasteiger partial charge in [0.15, 0.2) is 15.8 Å². The Bertz CT molecular complexity index is 785. The van der Waals surface area contributed by atoms with Crippen molar-refractivity contribution in [3.63, 3.8) is 0 Å². The minimum Gasteiger partial charge on any atom is -0.370 e. The van der Waals surface area contributed by atoms with Crippen LogP contribution in [0.15, 0.2) is 29.3 Å². The Balaban J connectivity index is 1.67. The summed E-state index contributed by atoms with van der Waals surface area (Å²) >= 11 is 2.02. The van der Waals surface area contributed by atoms with Crippen molar-refractivity contribution < 1.29 is 8.42 Å². The number of benzene rings is 1. The van der Waals surface area contributed by atoms with Crippen molar-refractivity contribution in [2.24, 2.45) is 4.99 Å². The maximum absolute atomic E-state index is 12.3. The second-order valence-corrected chi connectivity index (χ2v) is 11.9. The van der Waals surface area contributed by atoms with Crippen LogP contribution < -0.4 is 10.2 Å². The summed E-state index contributed by atoms with van der Waals surface area (Å²) in [6.07, 6.45) is 0. The van der Waals surface area contributed by atoms with Crippen LogP contribution in [0, 0.1) is 0 Å². The Morgan fingerprint density at radius 3 is 2.46 bits per heavy atom. The number of guanidine groups is 1. The number of anilines is 1. The minimum atomic E-state index is -3.06. The van der Waals surface area contributed by atoms with Crippen molar-refractivity contribution in [1.29, 1.82) is 0 Å². The number of sulfone groups is 1. The molecule has 0 unspecified atom stereocenters. The number of thioether (sulfide) groups is 1. The molecule has 3 rings (SSSR count). The zero-order chi connectivity index (χ0) is 20.2. The van der Waals surface area contributed by atoms with Gasteiger partial charge >= 0.3 is 0 Å². The molecular weight excluding hydrogens is 392 g/mol. The van der Waals surface area contributed by atoms with Gasteiger partial charge in [0.2, 0.25) is 0 Å². The fourth-order valence-corrected chi connectivity index (χ4v) is 5.82. The quantitative estimate of drug-likeness (QED) is 0.591. The molecule has 0 spiro atoms. The van der Waals surface area contributed by atoms with E-state index in [4.69, 9.17) is 4.99 Å². The molecule has 8 heteroatoms. The van der Waals surface area contributed by atoms with Crippen molar-refractivity contribution in [2.45, 2.75) is 32.1 Å². The van der Waals surface area contributed by atoms with Crippen LogP contribution in [0.3, 0.4) is 0 Å². The Morgan fingerprint density at radius 1 is 1.18 bits per heavy atom. The Kier molecular flexibility index (Phi) is 6.81. The van der Waals surface area contributed by atoms with Crippen molar-refractivity contribution in [3.05, 3.63) is 29.8 Å². The first-order valence-corrected chi connectivity index (χ1v) is 12.8. The first-order valence-electron chi connectivity index (χ1n) is 9.99. The van der Waals surface area contributed by atoms with Crippen LogP contribution >= 0.6 is 11.8 Å². The lowest BCUT2D eigenvalue weighted by molar-refractivity contribution is 0.353. The van der Waals surface area contributed by atoms with Crippen molar-refractivity contribution in [1.82, 2.24) is 10.2 Å². The van der Waals surface area contributed by atoms with E-state index >= 15 is 0 Å². The molecule has 1 aromatic rings. The van der Waals surface area contributed by atoms with E-state index in [1.54, 1.807) is 13.8 Å². The number of hydrogen-bond acceptors (Lipinski definition) is 5. The summed E-state index contributed by atoms with van der Waals surface area (Å²) < 4.78 is 23.8. The number of hydrogen-bond donors (Lipinski definition) is 1. The van der Waals surface area contributed by atoms with E-state index in [1.165, 1.54) is 17.2 Å². The lowest BCUT2D eigenvalue weighted by Crippen LogP contribution is -2.57. The number of rotatable bonds is 4. The molecule has 0 atom stereocenters. The van der Waals surface area contributed by atoms with Gasteiger partial charge in [-0.25, -0.2) is 13.4 Å². The fraction of sp³-hybridized carbons (Fsp3) is 0.650. The first-order chi connectivity index (χ1) is 13.3. The molecule has 2 fully saturated rings. The molecule has 0 aromatic heterocycles. The molecule has 6 nitrogen and oxygen atoms in total. The molecule has 0 aliphatic carbocycles. The maximum Gasteiger partial charge on any atom is 0.194 e. The highest BCUT2D eigenvalue weighted by atomic mass is 32.2. The zero-order valence-electron chi connectivity index (χ0n) is 17.1. The van der Waals surface area contributed by atoms with Crippen molar-refractivity contribution in [2.75, 3.05) is 54.9 Å². The standard InChI is InChI=1S/C20H32N4O2S2/c1-4-21-19(24-11-14-28(25,26)20(2,3)16-24)22-15-17-5-7-18(8-6-17)23-9-12-27-13-10-23/h5-8H,4,9-16H2,1-3H3,(H,21,22). The highest BCUT2D eigenvalue weighted by Gasteiger charge is 2.40. The minimum absolute atomic E-state index is 0.174. The topological polar surface area (TPSA) is 65.0 Å². The number of nitrogens with one attached hydrogen (secondary N) is 1. The fourth-order valence-electron chi connectivity index (χ4n) is 3.55. The molecule has 0 radical (unpaired) electrons. The van der Waals surface area contributed by atoms with E-state index in [1.807, 2.05) is 18.7 Å². The van der Waals surface area contributed by atoms with Crippen LogP contribution in [0.25, 0.3) is 0 Å². The highest BCUT2D eigenvalue weighted by Crippen LogP contribution is 2.24. The predicted octanol–water partition coefficient (Wildman–Crippen LogP) is 2.21. The summed E-state index contributed by atoms with van der Waals surface area (Å²) in [5.41, 5.74) is 2.44. The summed E-state index contributed by atoms with van der Waals surface area (Å²) in [6.45, 7) is 10.2. The summed E-state index contributed by atoms with van der Waals surface area (Å²) in [4.78, 5) is 9.29. The van der Waals surface area contributed by atoms with Crippen molar-refractivity contribution in [3.8, 4) is 0 Å². The smallest absolute Gasteiger partial charge is 0.194 e. The summed E-state index contributed by atoms with van der Waals surface area (Å²) in [7, 11) is -3.06. The first kappa shape index (κ1) is 21.3. The van der Waals surface area contributed by atoms with E-state index in [0.29, 0.717) is 19.6 Å². The van der Waals surface area contributed by atoms with Gasteiger partial charge in [-0.3, -0.25) is 0 Å². The van der Waals surface area contributed by atoms with Gasteiger partial charge in [-0.05, 0) is 38.5 Å². The van der Waals surface area contributed by atoms with Crippen LogP contribution in [0.5, 0.6) is 0 Å². The normalized spacial score (nSPS) is 22.2. The summed E-state index contributed by atoms with van der Waals surface area (Å²) in [5, 5.41) is 3.32. The van der Waals surface area contributed by atoms with Crippen LogP contribution in [-0.4, -0.2) is 74.0 Å². The molecule has 1 aromatic carbocycles. The third-order valence-corrected chi connectivity index (χ3v) is 8.88. The molecule has 2 aliphatic heterocycles. The third-order valence-electron chi connectivity index (χ3n) is 5.40. The van der Waals surface area contributed by atoms with Gasteiger partial charge in [-0.1, -0.05) is 12.1 Å². The number of aliphatic imine (C=N–C) groups is 1. The molecular formula is C20H32N4O2S2. The Labute approximate surface area is 173 Å². The van der Waals surface area contributed by atoms with Gasteiger partial charge in [-0.2, -0.15) is 11.8 Å². The summed E-state index contributed by atoms with van der Waals surface area (Å²) in [6, 6.07) is 8.66. The second-order valence-electron chi connectivity index (χ2n) is 7.94. The zero-order valence-corrected chi connectivity index (χ0v) is 18.8. The lowest BCUT2D eigenvalue weighted by atomic mass is 10.2. The van der Waals surface area contributed by atoms with Gasteiger partial charge in [0.1, 0.15) is 0 Å². The molecule has 28 heavy (non-hydrogen) atoms. The Morgan fingerprint density at radius 2 is 1.86 bits per heavy atom. The van der Waals surface area contributed by atoms with E-state index in [9.17, 15) is 8.42 Å². The number of nitrogens with zero attached hydrogens (tertiary/aromatic N) is 3. The molecule has 2 aliphatic rings. The van der Waals surface area contributed by atoms with Crippen LogP contribution in [0.1, 0.15) is 26.3 Å². The Hall–Kier alpha value is -1.41. The van der Waals surface area contributed by atoms with E-state index < -0.39 is 14.6 Å². The van der Waals surface area contributed by atoms with Crippen LogP contribution in [-0.2, 0) is 16.4 Å². The largest absolute Gasteiger partial charge is 0.370 e. The molecule has 0 saturated carbocycles. The molecule has 0 amide bonds. The van der Waals surface area contributed by atoms with Crippen LogP contribution in [0.4, 0.5) is 5.69 Å². The van der Waals surface area contributed by atoms with E-state index in [-0.39, 0.29) is 5.75 Å². The average molecular weight is 425 g/mol. The van der Waals surface area contributed by atoms with Gasteiger partial charge in [-0.15, -0.1) is 0 Å². The molecule has 156 valence electrons. The predicted molar refractivity (Wildman–Crippen MR) is 120 cm³/mol. The highest BCUT2D eigenvalue weighted by molar-refractivity contribution is 7.99. The van der Waals surface area contributed by atoms with Gasteiger partial charge in [0, 0.05) is 49.9 Å². The average Bonchev–Trinajstić information content (AvgIpc) is 2.68. The second kappa shape index (κ2) is 8.95. The SMILES string of the molecule is CCNC(=NCc1ccc(N2CCSCC2)cc1)N1CCS(=O)(=O)C(C)(C)C1. The summed E-state index contributed by atoms with van der Waals surface area (Å²) in [5.74, 6) is 3.36. The van der Waals surface area contributed by atoms with Gasteiger partial charge < -0.3 is 15.1 Å². The molecule has 2 saturated heterocycles. The van der Waals surface area contributed by atoms with Gasteiger partial charge in [0.05, 0.1) is 17.0 Å². The third kappa shape index (κ3) is 4.95. The van der Waals surface area contributed by atoms with E-state index in [2.05, 4.69) is 39.4 Å². The molecule has 2 heterocycles. The maximum atomic E-state index is 12.3. The molecule has 1 N–H and O–H groups in total. The van der Waals surface area contributed by atoms with Crippen molar-refractivity contribution >= 4 is 33.2 Å².